The highest BCUT2D eigenvalue weighted by atomic mass is 19.4. The number of carbonyl (C=O) groups excluding carboxylic acids is 1. The van der Waals surface area contributed by atoms with Gasteiger partial charge in [-0.25, -0.2) is 13.6 Å². The molecule has 6 rings (SSSR count). The summed E-state index contributed by atoms with van der Waals surface area (Å²) in [5.74, 6) is -5.19. The number of aromatic nitrogens is 1. The fourth-order valence-electron chi connectivity index (χ4n) is 6.10. The molecule has 48 heavy (non-hydrogen) atoms. The SMILES string of the molecule is CN(c1cc(F)c(C(=O)N[C@@H](Cc2cccc3c(-c4c(C(F)(F)F)c5ccccc5n(C)c4=O)cccc23)C(=O)O)c(F)c1)C1COC1. The highest BCUT2D eigenvalue weighted by molar-refractivity contribution is 6.02. The van der Waals surface area contributed by atoms with E-state index in [0.29, 0.717) is 24.2 Å². The number of likely N-dealkylation sites (N-methyl/N-ethyl adjacent to an activating group) is 1. The van der Waals surface area contributed by atoms with Crippen LogP contribution >= 0.6 is 0 Å². The molecule has 0 saturated carbocycles. The van der Waals surface area contributed by atoms with E-state index < -0.39 is 64.4 Å². The number of aliphatic carboxylic acids is 1. The van der Waals surface area contributed by atoms with Crippen LogP contribution in [0.1, 0.15) is 21.5 Å². The minimum absolute atomic E-state index is 0.0217. The van der Waals surface area contributed by atoms with Gasteiger partial charge in [0.05, 0.1) is 35.9 Å². The molecule has 2 N–H and O–H groups in total. The summed E-state index contributed by atoms with van der Waals surface area (Å²) < 4.78 is 80.3. The van der Waals surface area contributed by atoms with Gasteiger partial charge in [0.25, 0.3) is 11.5 Å². The molecule has 8 nitrogen and oxygen atoms in total. The molecule has 1 atom stereocenters. The lowest BCUT2D eigenvalue weighted by molar-refractivity contribution is -0.139. The molecule has 0 aliphatic carbocycles. The number of nitrogens with zero attached hydrogens (tertiary/aromatic N) is 2. The molecular weight excluding hydrogens is 637 g/mol. The van der Waals surface area contributed by atoms with E-state index in [-0.39, 0.29) is 33.6 Å². The summed E-state index contributed by atoms with van der Waals surface area (Å²) in [5, 5.41) is 12.6. The number of aryl methyl sites for hydroxylation is 1. The van der Waals surface area contributed by atoms with Gasteiger partial charge in [-0.2, -0.15) is 13.2 Å². The fraction of sp³-hybridized carbons (Fsp3) is 0.229. The molecule has 0 unspecified atom stereocenters. The van der Waals surface area contributed by atoms with E-state index in [9.17, 15) is 32.7 Å². The molecule has 1 fully saturated rings. The smallest absolute Gasteiger partial charge is 0.417 e. The minimum Gasteiger partial charge on any atom is -0.480 e. The third kappa shape index (κ3) is 5.74. The Morgan fingerprint density at radius 1 is 0.979 bits per heavy atom. The molecule has 1 aliphatic heterocycles. The van der Waals surface area contributed by atoms with Gasteiger partial charge in [-0.3, -0.25) is 9.59 Å². The number of carbonyl (C=O) groups is 2. The number of nitrogens with one attached hydrogen (secondary N) is 1. The summed E-state index contributed by atoms with van der Waals surface area (Å²) in [5.41, 5.74) is -2.96. The highest BCUT2D eigenvalue weighted by Crippen LogP contribution is 2.42. The largest absolute Gasteiger partial charge is 0.480 e. The summed E-state index contributed by atoms with van der Waals surface area (Å²) in [6, 6.07) is 14.8. The number of halogens is 5. The number of fused-ring (bicyclic) bond motifs is 2. The lowest BCUT2D eigenvalue weighted by atomic mass is 9.90. The molecule has 5 aromatic rings. The zero-order valence-electron chi connectivity index (χ0n) is 25.6. The molecule has 1 aromatic heterocycles. The molecule has 4 aromatic carbocycles. The maximum Gasteiger partial charge on any atom is 0.417 e. The number of hydrogen-bond donors (Lipinski definition) is 2. The van der Waals surface area contributed by atoms with Gasteiger partial charge in [0.2, 0.25) is 0 Å². The maximum absolute atomic E-state index is 15.1. The van der Waals surface area contributed by atoms with Crippen molar-refractivity contribution < 1.29 is 41.4 Å². The number of anilines is 1. The Morgan fingerprint density at radius 3 is 2.23 bits per heavy atom. The molecule has 13 heteroatoms. The van der Waals surface area contributed by atoms with Gasteiger partial charge in [-0.1, -0.05) is 54.6 Å². The summed E-state index contributed by atoms with van der Waals surface area (Å²) in [4.78, 5) is 40.5. The number of alkyl halides is 3. The lowest BCUT2D eigenvalue weighted by Crippen LogP contribution is -2.47. The van der Waals surface area contributed by atoms with E-state index >= 15 is 8.78 Å². The Morgan fingerprint density at radius 2 is 1.60 bits per heavy atom. The third-order valence-corrected chi connectivity index (χ3v) is 8.73. The number of benzene rings is 4. The topological polar surface area (TPSA) is 101 Å². The second-order valence-electron chi connectivity index (χ2n) is 11.6. The van der Waals surface area contributed by atoms with Gasteiger partial charge >= 0.3 is 12.1 Å². The number of para-hydroxylation sites is 1. The van der Waals surface area contributed by atoms with Gasteiger partial charge in [0.1, 0.15) is 23.2 Å². The van der Waals surface area contributed by atoms with Crippen molar-refractivity contribution in [3.8, 4) is 11.1 Å². The maximum atomic E-state index is 15.1. The summed E-state index contributed by atoms with van der Waals surface area (Å²) in [7, 11) is 3.00. The quantitative estimate of drug-likeness (QED) is 0.200. The van der Waals surface area contributed by atoms with Crippen LogP contribution in [0.25, 0.3) is 32.8 Å². The number of carboxylic acids is 1. The van der Waals surface area contributed by atoms with Crippen molar-refractivity contribution in [2.75, 3.05) is 25.2 Å². The van der Waals surface area contributed by atoms with Crippen molar-refractivity contribution >= 4 is 39.2 Å². The highest BCUT2D eigenvalue weighted by Gasteiger charge is 2.38. The fourth-order valence-corrected chi connectivity index (χ4v) is 6.10. The van der Waals surface area contributed by atoms with Crippen LogP contribution in [-0.2, 0) is 29.2 Å². The first-order valence-electron chi connectivity index (χ1n) is 14.8. The van der Waals surface area contributed by atoms with Crippen LogP contribution in [0.5, 0.6) is 0 Å². The van der Waals surface area contributed by atoms with Crippen molar-refractivity contribution in [1.29, 1.82) is 0 Å². The number of amides is 1. The van der Waals surface area contributed by atoms with Crippen LogP contribution in [0.15, 0.2) is 77.6 Å². The van der Waals surface area contributed by atoms with Gasteiger partial charge in [-0.15, -0.1) is 0 Å². The minimum atomic E-state index is -4.90. The Kier molecular flexibility index (Phi) is 8.42. The molecule has 1 amide bonds. The van der Waals surface area contributed by atoms with Crippen LogP contribution in [0.2, 0.25) is 0 Å². The second kappa shape index (κ2) is 12.4. The van der Waals surface area contributed by atoms with Crippen LogP contribution in [0, 0.1) is 11.6 Å². The van der Waals surface area contributed by atoms with Crippen LogP contribution in [0.4, 0.5) is 27.6 Å². The third-order valence-electron chi connectivity index (χ3n) is 8.73. The predicted octanol–water partition coefficient (Wildman–Crippen LogP) is 5.92. The van der Waals surface area contributed by atoms with E-state index in [1.54, 1.807) is 18.0 Å². The van der Waals surface area contributed by atoms with Crippen molar-refractivity contribution in [1.82, 2.24) is 9.88 Å². The molecule has 2 heterocycles. The Bertz CT molecular complexity index is 2140. The standard InChI is InChI=1S/C35H28F5N3O5/c1-42(20-16-48-17-20)19-14-25(36)30(26(37)15-19)32(44)41-27(34(46)47)13-18-7-5-10-22-21(18)9-6-11-23(22)29-31(35(38,39)40)24-8-3-4-12-28(24)43(2)33(29)45/h3-12,14-15,20,27H,13,16-17H2,1-2H3,(H,41,44)(H,46,47)/t27-/m0/s1. The van der Waals surface area contributed by atoms with Gasteiger partial charge < -0.3 is 24.6 Å². The average Bonchev–Trinajstić information content (AvgIpc) is 3.00. The first kappa shape index (κ1) is 32.6. The first-order valence-corrected chi connectivity index (χ1v) is 14.8. The number of hydrogen-bond acceptors (Lipinski definition) is 5. The predicted molar refractivity (Wildman–Crippen MR) is 169 cm³/mol. The molecule has 0 bridgehead atoms. The summed E-state index contributed by atoms with van der Waals surface area (Å²) >= 11 is 0. The number of pyridine rings is 1. The normalized spacial score (nSPS) is 14.1. The molecule has 0 spiro atoms. The van der Waals surface area contributed by atoms with Crippen LogP contribution in [0.3, 0.4) is 0 Å². The van der Waals surface area contributed by atoms with Crippen LogP contribution < -0.4 is 15.8 Å². The van der Waals surface area contributed by atoms with E-state index in [0.717, 1.165) is 16.7 Å². The first-order chi connectivity index (χ1) is 22.8. The van der Waals surface area contributed by atoms with Gasteiger partial charge in [0.15, 0.2) is 0 Å². The van der Waals surface area contributed by atoms with Gasteiger partial charge in [-0.05, 0) is 40.1 Å². The summed E-state index contributed by atoms with van der Waals surface area (Å²) in [6.45, 7) is 0.751. The second-order valence-corrected chi connectivity index (χ2v) is 11.6. The Balaban J connectivity index is 1.38. The van der Waals surface area contributed by atoms with E-state index in [1.165, 1.54) is 61.6 Å². The van der Waals surface area contributed by atoms with E-state index in [2.05, 4.69) is 5.32 Å². The average molecular weight is 666 g/mol. The number of rotatable bonds is 8. The van der Waals surface area contributed by atoms with Crippen LogP contribution in [-0.4, -0.2) is 53.9 Å². The van der Waals surface area contributed by atoms with Crippen molar-refractivity contribution in [3.05, 3.63) is 111 Å². The molecule has 1 aliphatic rings. The zero-order valence-corrected chi connectivity index (χ0v) is 25.6. The van der Waals surface area contributed by atoms with E-state index in [4.69, 9.17) is 4.74 Å². The lowest BCUT2D eigenvalue weighted by Gasteiger charge is -2.36. The Hall–Kier alpha value is -5.30. The van der Waals surface area contributed by atoms with Crippen molar-refractivity contribution in [2.45, 2.75) is 24.7 Å². The van der Waals surface area contributed by atoms with Crippen molar-refractivity contribution in [3.63, 3.8) is 0 Å². The molecule has 1 saturated heterocycles. The monoisotopic (exact) mass is 665 g/mol. The summed E-state index contributed by atoms with van der Waals surface area (Å²) in [6.07, 6.45) is -5.29. The zero-order chi connectivity index (χ0) is 34.5. The number of carboxylic acid groups (broad SMARTS) is 1. The van der Waals surface area contributed by atoms with Gasteiger partial charge in [0, 0.05) is 31.6 Å². The molecule has 0 radical (unpaired) electrons. The number of ether oxygens (including phenoxy) is 1. The molecular formula is C35H28F5N3O5. The Labute approximate surface area is 270 Å². The van der Waals surface area contributed by atoms with Crippen molar-refractivity contribution in [2.24, 2.45) is 7.05 Å². The van der Waals surface area contributed by atoms with E-state index in [1.807, 2.05) is 0 Å². The molecule has 248 valence electrons.